The van der Waals surface area contributed by atoms with Gasteiger partial charge in [-0.1, -0.05) is 32.9 Å². The van der Waals surface area contributed by atoms with Crippen molar-refractivity contribution in [2.75, 3.05) is 44.3 Å². The topological polar surface area (TPSA) is 97.4 Å². The molecule has 0 unspecified atom stereocenters. The summed E-state index contributed by atoms with van der Waals surface area (Å²) >= 11 is 0. The SMILES string of the molecule is CCc1nc2ccccc2n1-c1nc(N2CCOCC2)c2nc(CN3CC([C@H](O)C(C)C)C3)n(C)c2n1. The quantitative estimate of drug-likeness (QED) is 0.410. The number of morpholine rings is 1. The highest BCUT2D eigenvalue weighted by atomic mass is 16.5. The van der Waals surface area contributed by atoms with E-state index in [0.717, 1.165) is 78.8 Å². The number of rotatable bonds is 7. The minimum absolute atomic E-state index is 0.254. The van der Waals surface area contributed by atoms with Gasteiger partial charge in [0.2, 0.25) is 5.95 Å². The van der Waals surface area contributed by atoms with Crippen molar-refractivity contribution in [3.05, 3.63) is 35.9 Å². The number of likely N-dealkylation sites (tertiary alicyclic amines) is 1. The number of aryl methyl sites for hydroxylation is 2. The molecule has 37 heavy (non-hydrogen) atoms. The molecule has 2 aliphatic heterocycles. The predicted molar refractivity (Wildman–Crippen MR) is 143 cm³/mol. The summed E-state index contributed by atoms with van der Waals surface area (Å²) in [6.45, 7) is 11.6. The largest absolute Gasteiger partial charge is 0.392 e. The van der Waals surface area contributed by atoms with E-state index < -0.39 is 0 Å². The molecule has 4 aromatic rings. The number of benzene rings is 1. The lowest BCUT2D eigenvalue weighted by atomic mass is 9.87. The van der Waals surface area contributed by atoms with Crippen LogP contribution in [0.2, 0.25) is 0 Å². The van der Waals surface area contributed by atoms with E-state index in [4.69, 9.17) is 24.7 Å². The van der Waals surface area contributed by atoms with Crippen LogP contribution in [0.25, 0.3) is 28.1 Å². The average Bonchev–Trinajstić information content (AvgIpc) is 3.42. The van der Waals surface area contributed by atoms with Crippen LogP contribution in [0, 0.1) is 11.8 Å². The molecule has 2 saturated heterocycles. The Morgan fingerprint density at radius 1 is 1.03 bits per heavy atom. The predicted octanol–water partition coefficient (Wildman–Crippen LogP) is 2.55. The third-order valence-electron chi connectivity index (χ3n) is 7.75. The maximum Gasteiger partial charge on any atom is 0.239 e. The van der Waals surface area contributed by atoms with Crippen molar-refractivity contribution >= 4 is 28.0 Å². The number of hydrogen-bond acceptors (Lipinski definition) is 8. The van der Waals surface area contributed by atoms with Gasteiger partial charge in [-0.05, 0) is 18.1 Å². The lowest BCUT2D eigenvalue weighted by molar-refractivity contribution is -0.0311. The van der Waals surface area contributed by atoms with E-state index in [1.54, 1.807) is 0 Å². The molecule has 0 spiro atoms. The number of aromatic nitrogens is 6. The van der Waals surface area contributed by atoms with Crippen LogP contribution in [-0.4, -0.2) is 84.6 Å². The summed E-state index contributed by atoms with van der Waals surface area (Å²) in [5.41, 5.74) is 3.59. The summed E-state index contributed by atoms with van der Waals surface area (Å²) in [4.78, 5) is 24.7. The number of aliphatic hydroxyl groups is 1. The Hall–Kier alpha value is -3.08. The van der Waals surface area contributed by atoms with Crippen LogP contribution < -0.4 is 4.90 Å². The smallest absolute Gasteiger partial charge is 0.239 e. The van der Waals surface area contributed by atoms with Crippen molar-refractivity contribution in [2.24, 2.45) is 18.9 Å². The summed E-state index contributed by atoms with van der Waals surface area (Å²) in [6.07, 6.45) is 0.522. The summed E-state index contributed by atoms with van der Waals surface area (Å²) in [6, 6.07) is 8.14. The molecule has 0 aliphatic carbocycles. The number of ether oxygens (including phenoxy) is 1. The summed E-state index contributed by atoms with van der Waals surface area (Å²) < 4.78 is 9.81. The molecule has 2 aliphatic rings. The lowest BCUT2D eigenvalue weighted by Gasteiger charge is -2.42. The normalized spacial score (nSPS) is 18.3. The van der Waals surface area contributed by atoms with Crippen molar-refractivity contribution in [3.8, 4) is 5.95 Å². The first-order valence-electron chi connectivity index (χ1n) is 13.4. The summed E-state index contributed by atoms with van der Waals surface area (Å²) in [7, 11) is 2.04. The first kappa shape index (κ1) is 24.3. The maximum absolute atomic E-state index is 10.4. The molecule has 10 nitrogen and oxygen atoms in total. The molecule has 1 N–H and O–H groups in total. The van der Waals surface area contributed by atoms with E-state index in [2.05, 4.69) is 45.8 Å². The summed E-state index contributed by atoms with van der Waals surface area (Å²) in [5, 5.41) is 10.4. The van der Waals surface area contributed by atoms with Gasteiger partial charge in [0.05, 0.1) is 36.9 Å². The first-order valence-corrected chi connectivity index (χ1v) is 13.4. The van der Waals surface area contributed by atoms with Gasteiger partial charge in [-0.2, -0.15) is 9.97 Å². The fraction of sp³-hybridized carbons (Fsp3) is 0.556. The molecule has 0 saturated carbocycles. The van der Waals surface area contributed by atoms with Gasteiger partial charge >= 0.3 is 0 Å². The fourth-order valence-corrected chi connectivity index (χ4v) is 5.55. The number of aliphatic hydroxyl groups excluding tert-OH is 1. The molecule has 1 atom stereocenters. The Balaban J connectivity index is 1.42. The van der Waals surface area contributed by atoms with Crippen LogP contribution in [0.3, 0.4) is 0 Å². The van der Waals surface area contributed by atoms with E-state index in [1.807, 2.05) is 25.2 Å². The third-order valence-corrected chi connectivity index (χ3v) is 7.75. The van der Waals surface area contributed by atoms with Crippen LogP contribution in [0.1, 0.15) is 32.4 Å². The Labute approximate surface area is 216 Å². The van der Waals surface area contributed by atoms with E-state index in [-0.39, 0.29) is 12.0 Å². The average molecular weight is 505 g/mol. The second-order valence-corrected chi connectivity index (χ2v) is 10.6. The molecular weight excluding hydrogens is 468 g/mol. The third kappa shape index (κ3) is 4.26. The van der Waals surface area contributed by atoms with Gasteiger partial charge < -0.3 is 19.3 Å². The Bertz CT molecular complexity index is 1420. The van der Waals surface area contributed by atoms with Crippen LogP contribution in [0.15, 0.2) is 24.3 Å². The number of anilines is 1. The Morgan fingerprint density at radius 3 is 2.51 bits per heavy atom. The lowest BCUT2D eigenvalue weighted by Crippen LogP contribution is -2.52. The molecule has 6 rings (SSSR count). The zero-order valence-electron chi connectivity index (χ0n) is 22.1. The summed E-state index contributed by atoms with van der Waals surface area (Å²) in [5.74, 6) is 3.97. The van der Waals surface area contributed by atoms with Crippen molar-refractivity contribution < 1.29 is 9.84 Å². The van der Waals surface area contributed by atoms with Gasteiger partial charge in [-0.15, -0.1) is 0 Å². The van der Waals surface area contributed by atoms with Gasteiger partial charge in [0, 0.05) is 45.6 Å². The van der Waals surface area contributed by atoms with Crippen molar-refractivity contribution in [2.45, 2.75) is 39.8 Å². The van der Waals surface area contributed by atoms with Gasteiger partial charge in [0.25, 0.3) is 0 Å². The van der Waals surface area contributed by atoms with Crippen LogP contribution in [0.5, 0.6) is 0 Å². The fourth-order valence-electron chi connectivity index (χ4n) is 5.55. The molecule has 5 heterocycles. The van der Waals surface area contributed by atoms with E-state index in [0.29, 0.717) is 25.1 Å². The van der Waals surface area contributed by atoms with Crippen LogP contribution in [-0.2, 0) is 24.8 Å². The molecule has 0 radical (unpaired) electrons. The first-order chi connectivity index (χ1) is 17.9. The Kier molecular flexibility index (Phi) is 6.34. The molecule has 1 aromatic carbocycles. The minimum Gasteiger partial charge on any atom is -0.392 e. The number of hydrogen-bond donors (Lipinski definition) is 1. The van der Waals surface area contributed by atoms with Gasteiger partial charge in [-0.25, -0.2) is 9.97 Å². The molecule has 3 aromatic heterocycles. The van der Waals surface area contributed by atoms with Gasteiger partial charge in [0.15, 0.2) is 17.0 Å². The van der Waals surface area contributed by atoms with Gasteiger partial charge in [-0.3, -0.25) is 9.47 Å². The van der Waals surface area contributed by atoms with Crippen LogP contribution >= 0.6 is 0 Å². The molecule has 0 amide bonds. The van der Waals surface area contributed by atoms with Crippen molar-refractivity contribution in [1.82, 2.24) is 34.0 Å². The molecule has 2 fully saturated rings. The monoisotopic (exact) mass is 504 g/mol. The highest BCUT2D eigenvalue weighted by molar-refractivity contribution is 5.86. The maximum atomic E-state index is 10.4. The number of imidazole rings is 2. The Morgan fingerprint density at radius 2 is 1.78 bits per heavy atom. The van der Waals surface area contributed by atoms with Crippen LogP contribution in [0.4, 0.5) is 5.82 Å². The molecule has 10 heteroatoms. The highest BCUT2D eigenvalue weighted by Gasteiger charge is 2.35. The highest BCUT2D eigenvalue weighted by Crippen LogP contribution is 2.30. The number of para-hydroxylation sites is 2. The zero-order valence-corrected chi connectivity index (χ0v) is 22.1. The number of fused-ring (bicyclic) bond motifs is 2. The molecule has 196 valence electrons. The van der Waals surface area contributed by atoms with Crippen molar-refractivity contribution in [3.63, 3.8) is 0 Å². The second-order valence-electron chi connectivity index (χ2n) is 10.6. The molecular formula is C27H36N8O2. The van der Waals surface area contributed by atoms with E-state index in [9.17, 15) is 5.11 Å². The zero-order chi connectivity index (χ0) is 25.7. The second kappa shape index (κ2) is 9.66. The molecule has 0 bridgehead atoms. The van der Waals surface area contributed by atoms with E-state index >= 15 is 0 Å². The number of nitrogens with zero attached hydrogens (tertiary/aromatic N) is 8. The van der Waals surface area contributed by atoms with E-state index in [1.165, 1.54) is 0 Å². The standard InChI is InChI=1S/C27H36N8O2/c1-5-21-28-19-8-6-7-9-20(19)35(21)27-30-25-23(26(31-27)34-10-12-37-13-11-34)29-22(32(25)4)16-33-14-18(15-33)24(36)17(2)3/h6-9,17-18,24,36H,5,10-16H2,1-4H3/t24-/m1/s1. The van der Waals surface area contributed by atoms with Crippen molar-refractivity contribution in [1.29, 1.82) is 0 Å². The van der Waals surface area contributed by atoms with Gasteiger partial charge in [0.1, 0.15) is 11.6 Å². The minimum atomic E-state index is -0.254.